The predicted octanol–water partition coefficient (Wildman–Crippen LogP) is 4.15. The molecule has 6 nitrogen and oxygen atoms in total. The third-order valence-corrected chi connectivity index (χ3v) is 5.24. The van der Waals surface area contributed by atoms with Crippen LogP contribution < -0.4 is 10.9 Å². The lowest BCUT2D eigenvalue weighted by atomic mass is 10.0. The summed E-state index contributed by atoms with van der Waals surface area (Å²) in [5.41, 5.74) is 7.99. The van der Waals surface area contributed by atoms with Crippen LogP contribution in [0.5, 0.6) is 0 Å². The summed E-state index contributed by atoms with van der Waals surface area (Å²) in [5, 5.41) is 7.75. The van der Waals surface area contributed by atoms with E-state index in [1.807, 2.05) is 30.5 Å². The number of aryl methyl sites for hydroxylation is 4. The van der Waals surface area contributed by atoms with Crippen molar-refractivity contribution in [3.63, 3.8) is 0 Å². The van der Waals surface area contributed by atoms with Crippen LogP contribution in [0, 0.1) is 27.7 Å². The topological polar surface area (TPSA) is 64.2 Å². The summed E-state index contributed by atoms with van der Waals surface area (Å²) in [6.07, 6.45) is 3.52. The molecule has 3 aromatic heterocycles. The van der Waals surface area contributed by atoms with Gasteiger partial charge in [-0.2, -0.15) is 9.78 Å². The Morgan fingerprint density at radius 2 is 1.76 bits per heavy atom. The molecule has 0 aliphatic heterocycles. The second kappa shape index (κ2) is 8.09. The number of nitrogens with zero attached hydrogens (tertiary/aromatic N) is 4. The Kier molecular flexibility index (Phi) is 5.75. The molecule has 0 atom stereocenters. The molecule has 0 aliphatic carbocycles. The average Bonchev–Trinajstić information content (AvgIpc) is 2.96. The van der Waals surface area contributed by atoms with E-state index in [2.05, 4.69) is 42.5 Å². The van der Waals surface area contributed by atoms with Crippen molar-refractivity contribution in [3.8, 4) is 5.69 Å². The van der Waals surface area contributed by atoms with Crippen molar-refractivity contribution in [1.82, 2.24) is 19.2 Å². The highest BCUT2D eigenvalue weighted by Gasteiger charge is 2.13. The van der Waals surface area contributed by atoms with E-state index in [1.54, 1.807) is 12.3 Å². The summed E-state index contributed by atoms with van der Waals surface area (Å²) < 4.78 is 3.41. The van der Waals surface area contributed by atoms with Crippen molar-refractivity contribution >= 4 is 23.7 Å². The van der Waals surface area contributed by atoms with E-state index in [0.29, 0.717) is 12.2 Å². The third-order valence-electron chi connectivity index (χ3n) is 5.24. The molecule has 3 heterocycles. The van der Waals surface area contributed by atoms with Crippen LogP contribution in [-0.2, 0) is 6.54 Å². The Hall–Kier alpha value is -3.12. The molecule has 0 fully saturated rings. The summed E-state index contributed by atoms with van der Waals surface area (Å²) in [6, 6.07) is 11.4. The Morgan fingerprint density at radius 1 is 1.03 bits per heavy atom. The predicted molar refractivity (Wildman–Crippen MR) is 119 cm³/mol. The number of hydrogen-bond acceptors (Lipinski definition) is 4. The van der Waals surface area contributed by atoms with Crippen molar-refractivity contribution < 1.29 is 0 Å². The smallest absolute Gasteiger partial charge is 0.271 e. The molecule has 0 radical (unpaired) electrons. The SMILES string of the molecule is Cc1cccc(C)c1CNc1cc(-n2ncccc2=O)cn2c(C)c(C)nc12.Cl. The van der Waals surface area contributed by atoms with E-state index in [0.717, 1.165) is 22.7 Å². The normalized spacial score (nSPS) is 10.8. The lowest BCUT2D eigenvalue weighted by molar-refractivity contribution is 0.799. The number of nitrogens with one attached hydrogen (secondary N) is 1. The summed E-state index contributed by atoms with van der Waals surface area (Å²) in [6.45, 7) is 8.93. The van der Waals surface area contributed by atoms with Crippen LogP contribution in [0.25, 0.3) is 11.3 Å². The van der Waals surface area contributed by atoms with E-state index < -0.39 is 0 Å². The van der Waals surface area contributed by atoms with Crippen molar-refractivity contribution in [1.29, 1.82) is 0 Å². The van der Waals surface area contributed by atoms with E-state index in [4.69, 9.17) is 4.98 Å². The number of benzene rings is 1. The van der Waals surface area contributed by atoms with Gasteiger partial charge in [0.25, 0.3) is 5.56 Å². The second-order valence-electron chi connectivity index (χ2n) is 7.09. The zero-order valence-electron chi connectivity index (χ0n) is 16.9. The van der Waals surface area contributed by atoms with Gasteiger partial charge in [0.1, 0.15) is 0 Å². The lowest BCUT2D eigenvalue weighted by Gasteiger charge is -2.14. The largest absolute Gasteiger partial charge is 0.378 e. The summed E-state index contributed by atoms with van der Waals surface area (Å²) in [5.74, 6) is 0. The zero-order chi connectivity index (χ0) is 19.8. The highest BCUT2D eigenvalue weighted by Crippen LogP contribution is 2.24. The molecule has 4 aromatic rings. The van der Waals surface area contributed by atoms with Gasteiger partial charge in [0.15, 0.2) is 5.65 Å². The molecule has 1 N–H and O–H groups in total. The van der Waals surface area contributed by atoms with E-state index in [1.165, 1.54) is 27.4 Å². The lowest BCUT2D eigenvalue weighted by Crippen LogP contribution is -2.20. The molecule has 0 bridgehead atoms. The van der Waals surface area contributed by atoms with Crippen LogP contribution in [0.15, 0.2) is 53.6 Å². The van der Waals surface area contributed by atoms with Crippen molar-refractivity contribution in [3.05, 3.63) is 87.2 Å². The molecule has 0 aliphatic rings. The summed E-state index contributed by atoms with van der Waals surface area (Å²) >= 11 is 0. The number of rotatable bonds is 4. The van der Waals surface area contributed by atoms with Gasteiger partial charge in [0.2, 0.25) is 0 Å². The first-order valence-electron chi connectivity index (χ1n) is 9.28. The maximum Gasteiger partial charge on any atom is 0.271 e. The van der Waals surface area contributed by atoms with Gasteiger partial charge < -0.3 is 9.72 Å². The molecule has 0 saturated carbocycles. The zero-order valence-corrected chi connectivity index (χ0v) is 17.7. The van der Waals surface area contributed by atoms with Crippen LogP contribution in [0.1, 0.15) is 28.1 Å². The van der Waals surface area contributed by atoms with Gasteiger partial charge in [0.05, 0.1) is 17.1 Å². The number of halogens is 1. The fourth-order valence-electron chi connectivity index (χ4n) is 3.47. The van der Waals surface area contributed by atoms with Crippen molar-refractivity contribution in [2.24, 2.45) is 0 Å². The van der Waals surface area contributed by atoms with E-state index in [-0.39, 0.29) is 18.0 Å². The Balaban J connectivity index is 0.00000240. The molecule has 29 heavy (non-hydrogen) atoms. The van der Waals surface area contributed by atoms with Crippen molar-refractivity contribution in [2.75, 3.05) is 5.32 Å². The molecular weight excluding hydrogens is 386 g/mol. The van der Waals surface area contributed by atoms with Crippen LogP contribution >= 0.6 is 12.4 Å². The number of imidazole rings is 1. The number of fused-ring (bicyclic) bond motifs is 1. The molecule has 0 unspecified atom stereocenters. The second-order valence-corrected chi connectivity index (χ2v) is 7.09. The first-order chi connectivity index (χ1) is 13.5. The summed E-state index contributed by atoms with van der Waals surface area (Å²) in [7, 11) is 0. The molecule has 0 saturated heterocycles. The van der Waals surface area contributed by atoms with Crippen molar-refractivity contribution in [2.45, 2.75) is 34.2 Å². The van der Waals surface area contributed by atoms with Gasteiger partial charge in [-0.1, -0.05) is 18.2 Å². The highest BCUT2D eigenvalue weighted by molar-refractivity contribution is 5.85. The highest BCUT2D eigenvalue weighted by atomic mass is 35.5. The van der Waals surface area contributed by atoms with Crippen LogP contribution in [-0.4, -0.2) is 19.2 Å². The van der Waals surface area contributed by atoms with Gasteiger partial charge >= 0.3 is 0 Å². The van der Waals surface area contributed by atoms with Gasteiger partial charge in [0, 0.05) is 30.7 Å². The minimum atomic E-state index is -0.169. The molecule has 0 spiro atoms. The number of aromatic nitrogens is 4. The maximum atomic E-state index is 12.3. The summed E-state index contributed by atoms with van der Waals surface area (Å²) in [4.78, 5) is 17.0. The Labute approximate surface area is 175 Å². The van der Waals surface area contributed by atoms with Gasteiger partial charge in [-0.15, -0.1) is 12.4 Å². The first-order valence-corrected chi connectivity index (χ1v) is 9.28. The van der Waals surface area contributed by atoms with Gasteiger partial charge in [-0.3, -0.25) is 4.79 Å². The van der Waals surface area contributed by atoms with Gasteiger partial charge in [-0.25, -0.2) is 4.98 Å². The van der Waals surface area contributed by atoms with Crippen LogP contribution in [0.2, 0.25) is 0 Å². The molecule has 1 aromatic carbocycles. The van der Waals surface area contributed by atoms with Gasteiger partial charge in [-0.05, 0) is 56.5 Å². The molecule has 0 amide bonds. The maximum absolute atomic E-state index is 12.3. The Bertz CT molecular complexity index is 1220. The Morgan fingerprint density at radius 3 is 2.45 bits per heavy atom. The quantitative estimate of drug-likeness (QED) is 0.550. The third kappa shape index (κ3) is 3.76. The fourth-order valence-corrected chi connectivity index (χ4v) is 3.47. The van der Waals surface area contributed by atoms with E-state index >= 15 is 0 Å². The molecule has 7 heteroatoms. The minimum Gasteiger partial charge on any atom is -0.378 e. The minimum absolute atomic E-state index is 0. The fraction of sp³-hybridized carbons (Fsp3) is 0.227. The number of pyridine rings is 1. The molecular formula is C22H24ClN5O. The van der Waals surface area contributed by atoms with Crippen LogP contribution in [0.4, 0.5) is 5.69 Å². The molecule has 150 valence electrons. The number of hydrogen-bond donors (Lipinski definition) is 1. The van der Waals surface area contributed by atoms with Crippen LogP contribution in [0.3, 0.4) is 0 Å². The average molecular weight is 410 g/mol. The monoisotopic (exact) mass is 409 g/mol. The number of anilines is 1. The molecule has 4 rings (SSSR count). The first kappa shape index (κ1) is 20.6. The van der Waals surface area contributed by atoms with E-state index in [9.17, 15) is 4.79 Å². The standard InChI is InChI=1S/C22H23N5O.ClH/c1-14-7-5-8-15(2)19(14)12-23-20-11-18(27-21(28)9-6-10-24-27)13-26-17(4)16(3)25-22(20)26;/h5-11,13,23H,12H2,1-4H3;1H.